The second-order valence-electron chi connectivity index (χ2n) is 9.55. The zero-order valence-corrected chi connectivity index (χ0v) is 20.6. The Hall–Kier alpha value is -2.48. The summed E-state index contributed by atoms with van der Waals surface area (Å²) in [5.74, 6) is -0.0516. The first-order valence-electron chi connectivity index (χ1n) is 12.1. The molecule has 1 atom stereocenters. The largest absolute Gasteiger partial charge is 0.451 e. The molecule has 0 saturated carbocycles. The number of hydrogen-bond acceptors (Lipinski definition) is 6. The van der Waals surface area contributed by atoms with Crippen LogP contribution in [0.4, 0.5) is 14.5 Å². The van der Waals surface area contributed by atoms with Crippen LogP contribution < -0.4 is 10.1 Å². The van der Waals surface area contributed by atoms with E-state index in [9.17, 15) is 18.4 Å². The monoisotopic (exact) mass is 478 g/mol. The Morgan fingerprint density at radius 3 is 2.50 bits per heavy atom. The van der Waals surface area contributed by atoms with Crippen molar-refractivity contribution in [3.63, 3.8) is 0 Å². The van der Waals surface area contributed by atoms with E-state index in [1.165, 1.54) is 12.1 Å². The molecule has 1 fully saturated rings. The van der Waals surface area contributed by atoms with Crippen molar-refractivity contribution in [3.05, 3.63) is 35.4 Å². The van der Waals surface area contributed by atoms with Gasteiger partial charge in [0.2, 0.25) is 0 Å². The van der Waals surface area contributed by atoms with Gasteiger partial charge < -0.3 is 19.7 Å². The number of nitrogens with zero attached hydrogens (tertiary/aromatic N) is 1. The quantitative estimate of drug-likeness (QED) is 0.349. The van der Waals surface area contributed by atoms with Gasteiger partial charge in [0.1, 0.15) is 11.4 Å². The summed E-state index contributed by atoms with van der Waals surface area (Å²) in [6.45, 7) is 9.87. The molecule has 1 spiro atoms. The highest BCUT2D eigenvalue weighted by Gasteiger charge is 2.50. The summed E-state index contributed by atoms with van der Waals surface area (Å²) in [6.07, 6.45) is 0.219. The first-order valence-corrected chi connectivity index (χ1v) is 12.1. The Morgan fingerprint density at radius 2 is 1.91 bits per heavy atom. The Bertz CT molecular complexity index is 900. The van der Waals surface area contributed by atoms with Crippen LogP contribution in [-0.4, -0.2) is 54.5 Å². The molecule has 2 aliphatic heterocycles. The average molecular weight is 479 g/mol. The van der Waals surface area contributed by atoms with E-state index < -0.39 is 11.7 Å². The number of ether oxygens (including phenoxy) is 2. The highest BCUT2D eigenvalue weighted by Crippen LogP contribution is 2.42. The van der Waals surface area contributed by atoms with Crippen LogP contribution in [0.15, 0.2) is 35.4 Å². The lowest BCUT2D eigenvalue weighted by Crippen LogP contribution is -2.47. The van der Waals surface area contributed by atoms with Crippen LogP contribution in [0.5, 0.6) is 5.75 Å². The maximum absolute atomic E-state index is 13.2. The molecular formula is C26H36F2N2O4. The van der Waals surface area contributed by atoms with Gasteiger partial charge in [-0.05, 0) is 56.5 Å². The minimum atomic E-state index is -3.21. The number of carbonyl (C=O) groups excluding carboxylic acids is 2. The van der Waals surface area contributed by atoms with E-state index in [0.29, 0.717) is 43.9 Å². The standard InChI is InChI=1S/C26H36F2N2O4/c1-5-30-15-12-26(13-16-30)23(19(3)24(32)34-26)22(31)17-18(2)7-6-14-29-20-8-10-21(11-9-20)33-25(4,27)28/h8-11,18,29H,5-7,12-17H2,1-4H3. The Kier molecular flexibility index (Phi) is 8.34. The number of esters is 1. The number of piperidine rings is 1. The summed E-state index contributed by atoms with van der Waals surface area (Å²) in [5, 5.41) is 3.26. The SMILES string of the molecule is CCN1CCC2(CC1)OC(=O)C(C)=C2C(=O)CC(C)CCCNc1ccc(OC(C)(F)F)cc1. The van der Waals surface area contributed by atoms with Gasteiger partial charge in [-0.25, -0.2) is 4.79 Å². The maximum Gasteiger partial charge on any atom is 0.394 e. The van der Waals surface area contributed by atoms with Crippen LogP contribution in [0.25, 0.3) is 0 Å². The fourth-order valence-corrected chi connectivity index (χ4v) is 4.85. The van der Waals surface area contributed by atoms with Crippen LogP contribution in [-0.2, 0) is 14.3 Å². The third-order valence-electron chi connectivity index (χ3n) is 6.70. The van der Waals surface area contributed by atoms with Crippen molar-refractivity contribution in [3.8, 4) is 5.75 Å². The molecule has 1 aromatic carbocycles. The number of likely N-dealkylation sites (tertiary alicyclic amines) is 1. The van der Waals surface area contributed by atoms with E-state index >= 15 is 0 Å². The number of ketones is 1. The van der Waals surface area contributed by atoms with Crippen LogP contribution in [0.1, 0.15) is 59.8 Å². The molecule has 1 N–H and O–H groups in total. The zero-order valence-electron chi connectivity index (χ0n) is 20.6. The van der Waals surface area contributed by atoms with Gasteiger partial charge in [0.25, 0.3) is 0 Å². The van der Waals surface area contributed by atoms with Gasteiger partial charge in [-0.15, -0.1) is 0 Å². The van der Waals surface area contributed by atoms with Crippen LogP contribution in [0, 0.1) is 5.92 Å². The molecule has 1 unspecified atom stereocenters. The molecule has 0 amide bonds. The van der Waals surface area contributed by atoms with Crippen molar-refractivity contribution < 1.29 is 27.8 Å². The number of benzene rings is 1. The Labute approximate surface area is 200 Å². The number of anilines is 1. The topological polar surface area (TPSA) is 67.9 Å². The lowest BCUT2D eigenvalue weighted by molar-refractivity contribution is -0.159. The van der Waals surface area contributed by atoms with Crippen LogP contribution >= 0.6 is 0 Å². The molecule has 3 rings (SSSR count). The average Bonchev–Trinajstić information content (AvgIpc) is 3.01. The lowest BCUT2D eigenvalue weighted by Gasteiger charge is -2.39. The van der Waals surface area contributed by atoms with Gasteiger partial charge >= 0.3 is 12.1 Å². The van der Waals surface area contributed by atoms with Crippen molar-refractivity contribution in [2.75, 3.05) is 31.5 Å². The fourth-order valence-electron chi connectivity index (χ4n) is 4.85. The molecule has 0 bridgehead atoms. The molecule has 188 valence electrons. The normalized spacial score (nSPS) is 19.3. The van der Waals surface area contributed by atoms with E-state index in [0.717, 1.165) is 38.2 Å². The number of Topliss-reactive ketones (excluding diaryl/α,β-unsaturated/α-hetero) is 1. The third-order valence-corrected chi connectivity index (χ3v) is 6.70. The van der Waals surface area contributed by atoms with E-state index in [-0.39, 0.29) is 23.4 Å². The number of carbonyl (C=O) groups is 2. The Morgan fingerprint density at radius 1 is 1.26 bits per heavy atom. The highest BCUT2D eigenvalue weighted by atomic mass is 19.3. The van der Waals surface area contributed by atoms with Gasteiger partial charge in [-0.3, -0.25) is 4.79 Å². The van der Waals surface area contributed by atoms with Crippen molar-refractivity contribution >= 4 is 17.4 Å². The summed E-state index contributed by atoms with van der Waals surface area (Å²) < 4.78 is 36.1. The first-order chi connectivity index (χ1) is 16.0. The molecule has 1 aromatic rings. The third kappa shape index (κ3) is 6.56. The maximum atomic E-state index is 13.2. The predicted molar refractivity (Wildman–Crippen MR) is 127 cm³/mol. The summed E-state index contributed by atoms with van der Waals surface area (Å²) in [5.41, 5.74) is 1.14. The molecule has 0 radical (unpaired) electrons. The smallest absolute Gasteiger partial charge is 0.394 e. The fraction of sp³-hybridized carbons (Fsp3) is 0.615. The molecule has 6 nitrogen and oxygen atoms in total. The second kappa shape index (κ2) is 10.8. The van der Waals surface area contributed by atoms with Gasteiger partial charge in [-0.2, -0.15) is 8.78 Å². The van der Waals surface area contributed by atoms with Crippen molar-refractivity contribution in [2.24, 2.45) is 5.92 Å². The summed E-state index contributed by atoms with van der Waals surface area (Å²) in [6, 6.07) is 6.40. The van der Waals surface area contributed by atoms with Crippen LogP contribution in [0.2, 0.25) is 0 Å². The molecule has 1 saturated heterocycles. The number of alkyl halides is 2. The number of halogens is 2. The number of hydrogen-bond donors (Lipinski definition) is 1. The first kappa shape index (κ1) is 26.1. The molecule has 0 aliphatic carbocycles. The van der Waals surface area contributed by atoms with Crippen molar-refractivity contribution in [2.45, 2.75) is 71.5 Å². The molecular weight excluding hydrogens is 442 g/mol. The summed E-state index contributed by atoms with van der Waals surface area (Å²) in [4.78, 5) is 27.9. The molecule has 2 aliphatic rings. The predicted octanol–water partition coefficient (Wildman–Crippen LogP) is 5.19. The second-order valence-corrected chi connectivity index (χ2v) is 9.55. The number of rotatable bonds is 11. The van der Waals surface area contributed by atoms with Gasteiger partial charge in [0, 0.05) is 62.7 Å². The van der Waals surface area contributed by atoms with Crippen LogP contribution in [0.3, 0.4) is 0 Å². The van der Waals surface area contributed by atoms with Crippen molar-refractivity contribution in [1.29, 1.82) is 0 Å². The lowest BCUT2D eigenvalue weighted by atomic mass is 9.79. The van der Waals surface area contributed by atoms with Gasteiger partial charge in [-0.1, -0.05) is 13.8 Å². The van der Waals surface area contributed by atoms with Gasteiger partial charge in [0.05, 0.1) is 0 Å². The minimum Gasteiger partial charge on any atom is -0.451 e. The molecule has 34 heavy (non-hydrogen) atoms. The molecule has 0 aromatic heterocycles. The zero-order chi connectivity index (χ0) is 24.9. The molecule has 2 heterocycles. The van der Waals surface area contributed by atoms with E-state index in [4.69, 9.17) is 4.74 Å². The van der Waals surface area contributed by atoms with Gasteiger partial charge in [0.15, 0.2) is 5.78 Å². The van der Waals surface area contributed by atoms with Crippen molar-refractivity contribution in [1.82, 2.24) is 4.90 Å². The van der Waals surface area contributed by atoms with E-state index in [1.54, 1.807) is 19.1 Å². The number of nitrogens with one attached hydrogen (secondary N) is 1. The summed E-state index contributed by atoms with van der Waals surface area (Å²) >= 11 is 0. The summed E-state index contributed by atoms with van der Waals surface area (Å²) in [7, 11) is 0. The highest BCUT2D eigenvalue weighted by molar-refractivity contribution is 6.08. The Balaban J connectivity index is 1.46. The van der Waals surface area contributed by atoms with E-state index in [1.807, 2.05) is 0 Å². The minimum absolute atomic E-state index is 0.0251. The molecule has 8 heteroatoms. The van der Waals surface area contributed by atoms with E-state index in [2.05, 4.69) is 28.8 Å².